The lowest BCUT2D eigenvalue weighted by molar-refractivity contribution is -0.117. The number of nitrogens with zero attached hydrogens (tertiary/aromatic N) is 2. The lowest BCUT2D eigenvalue weighted by atomic mass is 10.1. The molecule has 8 heteroatoms. The molecule has 2 aromatic rings. The first kappa shape index (κ1) is 20.4. The van der Waals surface area contributed by atoms with Crippen molar-refractivity contribution in [3.63, 3.8) is 0 Å². The maximum absolute atomic E-state index is 14.2. The van der Waals surface area contributed by atoms with Crippen molar-refractivity contribution in [2.75, 3.05) is 13.6 Å². The summed E-state index contributed by atoms with van der Waals surface area (Å²) in [5.41, 5.74) is 5.80. The molecule has 1 atom stereocenters. The maximum atomic E-state index is 14.2. The van der Waals surface area contributed by atoms with E-state index in [1.54, 1.807) is 31.3 Å². The number of hydrogen-bond donors (Lipinski definition) is 2. The molecule has 6 nitrogen and oxygen atoms in total. The van der Waals surface area contributed by atoms with Crippen LogP contribution in [0.25, 0.3) is 11.3 Å². The van der Waals surface area contributed by atoms with Crippen LogP contribution >= 0.6 is 11.6 Å². The van der Waals surface area contributed by atoms with Crippen LogP contribution in [0.15, 0.2) is 30.3 Å². The zero-order valence-corrected chi connectivity index (χ0v) is 15.2. The van der Waals surface area contributed by atoms with Gasteiger partial charge in [-0.3, -0.25) is 9.59 Å². The number of primary amides is 1. The Labute approximate surface area is 160 Å². The van der Waals surface area contributed by atoms with Gasteiger partial charge >= 0.3 is 0 Å². The molecule has 2 rings (SSSR count). The average molecular weight is 390 g/mol. The highest BCUT2D eigenvalue weighted by Gasteiger charge is 2.16. The predicted molar refractivity (Wildman–Crippen MR) is 99.4 cm³/mol. The van der Waals surface area contributed by atoms with Gasteiger partial charge in [-0.05, 0) is 18.2 Å². The summed E-state index contributed by atoms with van der Waals surface area (Å²) in [7, 11) is 1.60. The molecule has 1 aromatic carbocycles. The van der Waals surface area contributed by atoms with Crippen LogP contribution in [0.3, 0.4) is 0 Å². The minimum atomic E-state index is -0.914. The summed E-state index contributed by atoms with van der Waals surface area (Å²) in [5, 5.41) is 9.69. The van der Waals surface area contributed by atoms with E-state index in [1.807, 2.05) is 0 Å². The van der Waals surface area contributed by atoms with Crippen molar-refractivity contribution in [3.8, 4) is 23.1 Å². The number of aromatic nitrogens is 1. The molecule has 1 heterocycles. The van der Waals surface area contributed by atoms with Crippen molar-refractivity contribution in [1.29, 1.82) is 0 Å². The van der Waals surface area contributed by atoms with Gasteiger partial charge < -0.3 is 15.7 Å². The molecule has 0 aliphatic rings. The molecular formula is C19H17ClFN3O3. The third-order valence-corrected chi connectivity index (χ3v) is 3.91. The summed E-state index contributed by atoms with van der Waals surface area (Å²) >= 11 is 5.78. The molecule has 0 radical (unpaired) electrons. The summed E-state index contributed by atoms with van der Waals surface area (Å²) in [6, 6.07) is 7.48. The molecule has 2 amide bonds. The second-order valence-corrected chi connectivity index (χ2v) is 6.16. The van der Waals surface area contributed by atoms with E-state index >= 15 is 0 Å². The van der Waals surface area contributed by atoms with Gasteiger partial charge in [-0.1, -0.05) is 35.6 Å². The molecule has 0 aliphatic heterocycles. The molecule has 27 heavy (non-hydrogen) atoms. The molecule has 0 unspecified atom stereocenters. The minimum Gasteiger partial charge on any atom is -0.380 e. The first-order valence-corrected chi connectivity index (χ1v) is 8.31. The van der Waals surface area contributed by atoms with Gasteiger partial charge in [0.05, 0.1) is 5.02 Å². The Kier molecular flexibility index (Phi) is 6.88. The Hall–Kier alpha value is -2.95. The van der Waals surface area contributed by atoms with E-state index in [0.29, 0.717) is 30.5 Å². The topological polar surface area (TPSA) is 96.5 Å². The maximum Gasteiger partial charge on any atom is 0.268 e. The zero-order valence-electron chi connectivity index (χ0n) is 14.4. The lowest BCUT2D eigenvalue weighted by Crippen LogP contribution is -2.21. The van der Waals surface area contributed by atoms with Gasteiger partial charge in [0.15, 0.2) is 5.82 Å². The Morgan fingerprint density at radius 2 is 2.22 bits per heavy atom. The van der Waals surface area contributed by atoms with Gasteiger partial charge in [0, 0.05) is 31.1 Å². The van der Waals surface area contributed by atoms with Crippen LogP contribution in [-0.2, 0) is 4.79 Å². The van der Waals surface area contributed by atoms with Crippen molar-refractivity contribution in [3.05, 3.63) is 52.4 Å². The quantitative estimate of drug-likeness (QED) is 0.582. The number of nitrogens with two attached hydrogens (primary N) is 1. The van der Waals surface area contributed by atoms with E-state index in [2.05, 4.69) is 16.8 Å². The van der Waals surface area contributed by atoms with Gasteiger partial charge in [-0.25, -0.2) is 9.37 Å². The summed E-state index contributed by atoms with van der Waals surface area (Å²) in [6.07, 6.45) is 0.0532. The highest BCUT2D eigenvalue weighted by atomic mass is 35.5. The van der Waals surface area contributed by atoms with Gasteiger partial charge in [0.2, 0.25) is 6.41 Å². The van der Waals surface area contributed by atoms with E-state index < -0.39 is 17.8 Å². The van der Waals surface area contributed by atoms with Gasteiger partial charge in [0.25, 0.3) is 5.91 Å². The molecule has 0 aliphatic carbocycles. The van der Waals surface area contributed by atoms with Crippen LogP contribution in [0.4, 0.5) is 4.39 Å². The van der Waals surface area contributed by atoms with Crippen LogP contribution in [-0.4, -0.2) is 47.0 Å². The smallest absolute Gasteiger partial charge is 0.268 e. The predicted octanol–water partition coefficient (Wildman–Crippen LogP) is 1.83. The second kappa shape index (κ2) is 9.12. The van der Waals surface area contributed by atoms with E-state index in [9.17, 15) is 19.1 Å². The van der Waals surface area contributed by atoms with Crippen molar-refractivity contribution in [2.24, 2.45) is 5.73 Å². The van der Waals surface area contributed by atoms with Crippen molar-refractivity contribution in [1.82, 2.24) is 9.88 Å². The molecular weight excluding hydrogens is 373 g/mol. The van der Waals surface area contributed by atoms with Gasteiger partial charge in [-0.2, -0.15) is 0 Å². The third kappa shape index (κ3) is 5.51. The number of aliphatic hydroxyl groups excluding tert-OH is 1. The van der Waals surface area contributed by atoms with Gasteiger partial charge in [-0.15, -0.1) is 0 Å². The van der Waals surface area contributed by atoms with E-state index in [-0.39, 0.29) is 16.4 Å². The fourth-order valence-corrected chi connectivity index (χ4v) is 2.43. The van der Waals surface area contributed by atoms with Crippen molar-refractivity contribution < 1.29 is 19.1 Å². The number of hydrogen-bond acceptors (Lipinski definition) is 4. The molecule has 0 saturated heterocycles. The Bertz CT molecular complexity index is 924. The number of aliphatic hydroxyl groups is 1. The van der Waals surface area contributed by atoms with E-state index in [1.165, 1.54) is 4.90 Å². The van der Waals surface area contributed by atoms with Crippen LogP contribution in [0.5, 0.6) is 0 Å². The largest absolute Gasteiger partial charge is 0.380 e. The SMILES string of the molecule is CN(C=O)CC[C@@H](O)C#Cc1cccc(-c2nc(C(N)=O)c(Cl)cc2F)c1. The minimum absolute atomic E-state index is 0.0787. The summed E-state index contributed by atoms with van der Waals surface area (Å²) in [4.78, 5) is 27.2. The molecule has 1 aromatic heterocycles. The normalized spacial score (nSPS) is 11.3. The molecule has 0 bridgehead atoms. The Balaban J connectivity index is 2.26. The molecule has 140 valence electrons. The van der Waals surface area contributed by atoms with Crippen molar-refractivity contribution >= 4 is 23.9 Å². The monoisotopic (exact) mass is 389 g/mol. The second-order valence-electron chi connectivity index (χ2n) is 5.75. The van der Waals surface area contributed by atoms with E-state index in [0.717, 1.165) is 6.07 Å². The number of benzene rings is 1. The Morgan fingerprint density at radius 3 is 2.89 bits per heavy atom. The first-order valence-electron chi connectivity index (χ1n) is 7.93. The molecule has 0 spiro atoms. The summed E-state index contributed by atoms with van der Waals surface area (Å²) in [5.74, 6) is 3.89. The lowest BCUT2D eigenvalue weighted by Gasteiger charge is -2.10. The number of carbonyl (C=O) groups excluding carboxylic acids is 2. The fourth-order valence-electron chi connectivity index (χ4n) is 2.20. The van der Waals surface area contributed by atoms with E-state index in [4.69, 9.17) is 17.3 Å². The zero-order chi connectivity index (χ0) is 20.0. The highest BCUT2D eigenvalue weighted by molar-refractivity contribution is 6.33. The van der Waals surface area contributed by atoms with Crippen LogP contribution in [0.2, 0.25) is 5.02 Å². The number of carbonyl (C=O) groups is 2. The first-order chi connectivity index (χ1) is 12.8. The molecule has 0 saturated carbocycles. The summed E-state index contributed by atoms with van der Waals surface area (Å²) in [6.45, 7) is 0.370. The summed E-state index contributed by atoms with van der Waals surface area (Å²) < 4.78 is 14.2. The standard InChI is InChI=1S/C19H17ClFN3O3/c1-24(11-25)8-7-14(26)6-5-12-3-2-4-13(9-12)17-16(21)10-15(20)18(23-17)19(22)27/h2-4,9-11,14,26H,7-8H2,1H3,(H2,22,27)/t14-/m0/s1. The van der Waals surface area contributed by atoms with Crippen molar-refractivity contribution in [2.45, 2.75) is 12.5 Å². The molecule has 3 N–H and O–H groups in total. The number of halogens is 2. The van der Waals surface area contributed by atoms with Crippen LogP contribution < -0.4 is 5.73 Å². The number of pyridine rings is 1. The Morgan fingerprint density at radius 1 is 1.48 bits per heavy atom. The highest BCUT2D eigenvalue weighted by Crippen LogP contribution is 2.25. The third-order valence-electron chi connectivity index (χ3n) is 3.62. The number of amides is 2. The molecule has 0 fully saturated rings. The van der Waals surface area contributed by atoms with Crippen LogP contribution in [0, 0.1) is 17.7 Å². The number of rotatable bonds is 6. The van der Waals surface area contributed by atoms with Crippen LogP contribution in [0.1, 0.15) is 22.5 Å². The van der Waals surface area contributed by atoms with Gasteiger partial charge in [0.1, 0.15) is 17.5 Å². The fraction of sp³-hybridized carbons (Fsp3) is 0.211. The average Bonchev–Trinajstić information content (AvgIpc) is 2.64.